The lowest BCUT2D eigenvalue weighted by molar-refractivity contribution is 0.0797. The topological polar surface area (TPSA) is 88.5 Å². The van der Waals surface area contributed by atoms with E-state index in [9.17, 15) is 9.59 Å². The molecule has 1 aliphatic heterocycles. The van der Waals surface area contributed by atoms with Gasteiger partial charge in [0.15, 0.2) is 0 Å². The summed E-state index contributed by atoms with van der Waals surface area (Å²) in [5, 5.41) is 10.00. The molecule has 2 N–H and O–H groups in total. The van der Waals surface area contributed by atoms with Gasteiger partial charge in [0, 0.05) is 25.7 Å². The van der Waals surface area contributed by atoms with Crippen molar-refractivity contribution in [3.63, 3.8) is 0 Å². The first-order valence-corrected chi connectivity index (χ1v) is 9.33. The molecular formula is C18H27N5O3. The van der Waals surface area contributed by atoms with Crippen LogP contribution < -0.4 is 26.3 Å². The summed E-state index contributed by atoms with van der Waals surface area (Å²) in [4.78, 5) is 32.3. The number of unbranched alkanes of at least 4 members (excludes halogenated alkanes) is 1. The van der Waals surface area contributed by atoms with E-state index in [1.54, 1.807) is 7.05 Å². The third-order valence-electron chi connectivity index (χ3n) is 4.73. The molecular weight excluding hydrogens is 334 g/mol. The summed E-state index contributed by atoms with van der Waals surface area (Å²) in [6.07, 6.45) is 9.38. The molecule has 1 aliphatic rings. The monoisotopic (exact) mass is 361 g/mol. The first kappa shape index (κ1) is 18.4. The third kappa shape index (κ3) is 4.43. The Hall–Kier alpha value is -2.35. The molecule has 26 heavy (non-hydrogen) atoms. The van der Waals surface area contributed by atoms with Crippen LogP contribution in [0.4, 0.5) is 11.4 Å². The smallest absolute Gasteiger partial charge is 0.253 e. The highest BCUT2D eigenvalue weighted by Crippen LogP contribution is 2.13. The Kier molecular flexibility index (Phi) is 6.27. The summed E-state index contributed by atoms with van der Waals surface area (Å²) < 4.78 is 0. The maximum absolute atomic E-state index is 11.4. The summed E-state index contributed by atoms with van der Waals surface area (Å²) in [6.45, 7) is 4.44. The van der Waals surface area contributed by atoms with E-state index in [2.05, 4.69) is 20.6 Å². The van der Waals surface area contributed by atoms with Crippen LogP contribution in [-0.2, 0) is 6.54 Å². The zero-order valence-corrected chi connectivity index (χ0v) is 15.3. The van der Waals surface area contributed by atoms with Crippen molar-refractivity contribution in [2.24, 2.45) is 0 Å². The highest BCUT2D eigenvalue weighted by Gasteiger charge is 2.18. The van der Waals surface area contributed by atoms with Crippen molar-refractivity contribution < 1.29 is 4.84 Å². The van der Waals surface area contributed by atoms with Crippen molar-refractivity contribution >= 4 is 11.4 Å². The van der Waals surface area contributed by atoms with Gasteiger partial charge in [0.05, 0.1) is 12.4 Å². The minimum atomic E-state index is -0.447. The Labute approximate surface area is 152 Å². The predicted molar refractivity (Wildman–Crippen MR) is 101 cm³/mol. The molecule has 1 fully saturated rings. The van der Waals surface area contributed by atoms with E-state index in [-0.39, 0.29) is 0 Å². The molecule has 1 aromatic carbocycles. The van der Waals surface area contributed by atoms with Crippen LogP contribution in [0.3, 0.4) is 0 Å². The quantitative estimate of drug-likeness (QED) is 0.479. The van der Waals surface area contributed by atoms with E-state index in [0.29, 0.717) is 24.5 Å². The normalized spacial score (nSPS) is 15.3. The number of aromatic nitrogens is 2. The number of anilines is 2. The van der Waals surface area contributed by atoms with Gasteiger partial charge in [-0.25, -0.2) is 0 Å². The second-order valence-electron chi connectivity index (χ2n) is 6.71. The minimum absolute atomic E-state index is 0.379. The van der Waals surface area contributed by atoms with Gasteiger partial charge in [-0.05, 0) is 38.8 Å². The molecule has 1 saturated heterocycles. The molecule has 142 valence electrons. The van der Waals surface area contributed by atoms with Crippen molar-refractivity contribution in [2.75, 3.05) is 43.9 Å². The van der Waals surface area contributed by atoms with Crippen LogP contribution in [0.5, 0.6) is 0 Å². The fourth-order valence-electron chi connectivity index (χ4n) is 3.26. The van der Waals surface area contributed by atoms with Crippen LogP contribution in [-0.4, -0.2) is 48.1 Å². The van der Waals surface area contributed by atoms with Crippen LogP contribution in [0.15, 0.2) is 22.0 Å². The molecule has 2 heterocycles. The van der Waals surface area contributed by atoms with Gasteiger partial charge in [0.2, 0.25) is 0 Å². The van der Waals surface area contributed by atoms with E-state index < -0.39 is 10.9 Å². The molecule has 3 rings (SSSR count). The predicted octanol–water partition coefficient (Wildman–Crippen LogP) is 0.828. The molecule has 0 bridgehead atoms. The van der Waals surface area contributed by atoms with Gasteiger partial charge < -0.3 is 15.5 Å². The average Bonchev–Trinajstić information content (AvgIpc) is 3.11. The van der Waals surface area contributed by atoms with Crippen molar-refractivity contribution in [3.8, 4) is 0 Å². The second-order valence-corrected chi connectivity index (χ2v) is 6.71. The molecule has 0 spiro atoms. The summed E-state index contributed by atoms with van der Waals surface area (Å²) in [7, 11) is 1.64. The number of hydrogen-bond donors (Lipinski definition) is 2. The van der Waals surface area contributed by atoms with Crippen LogP contribution >= 0.6 is 0 Å². The number of hydrogen-bond acceptors (Lipinski definition) is 7. The van der Waals surface area contributed by atoms with Crippen LogP contribution in [0, 0.1) is 0 Å². The Balaban J connectivity index is 1.31. The van der Waals surface area contributed by atoms with E-state index in [4.69, 9.17) is 4.84 Å². The van der Waals surface area contributed by atoms with E-state index in [1.807, 2.05) is 12.4 Å². The Morgan fingerprint density at radius 2 is 1.88 bits per heavy atom. The molecule has 0 saturated carbocycles. The van der Waals surface area contributed by atoms with Gasteiger partial charge >= 0.3 is 0 Å². The van der Waals surface area contributed by atoms with Gasteiger partial charge in [-0.3, -0.25) is 14.5 Å². The maximum Gasteiger partial charge on any atom is 0.253 e. The summed E-state index contributed by atoms with van der Waals surface area (Å²) >= 11 is 0. The summed E-state index contributed by atoms with van der Waals surface area (Å²) in [5.41, 5.74) is 1.06. The van der Waals surface area contributed by atoms with Gasteiger partial charge in [-0.2, -0.15) is 0 Å². The van der Waals surface area contributed by atoms with Gasteiger partial charge in [0.25, 0.3) is 10.9 Å². The molecule has 8 heteroatoms. The summed E-state index contributed by atoms with van der Waals surface area (Å²) in [5.74, 6) is 0. The number of rotatable bonds is 10. The average molecular weight is 361 g/mol. The van der Waals surface area contributed by atoms with Gasteiger partial charge in [-0.1, -0.05) is 6.42 Å². The molecule has 0 atom stereocenters. The van der Waals surface area contributed by atoms with Crippen molar-refractivity contribution in [1.29, 1.82) is 0 Å². The number of likely N-dealkylation sites (tertiary alicyclic amines) is 1. The first-order valence-electron chi connectivity index (χ1n) is 9.33. The largest absolute Gasteiger partial charge is 0.397 e. The molecule has 8 nitrogen and oxygen atoms in total. The zero-order chi connectivity index (χ0) is 18.4. The number of piperidine rings is 1. The summed E-state index contributed by atoms with van der Waals surface area (Å²) in [6, 6.07) is 0. The minimum Gasteiger partial charge on any atom is -0.397 e. The molecule has 0 amide bonds. The number of nitrogens with one attached hydrogen (secondary N) is 2. The Morgan fingerprint density at radius 1 is 1.12 bits per heavy atom. The fourth-order valence-corrected chi connectivity index (χ4v) is 3.26. The molecule has 2 aromatic rings. The van der Waals surface area contributed by atoms with Gasteiger partial charge in [-0.15, -0.1) is 9.94 Å². The van der Waals surface area contributed by atoms with Gasteiger partial charge in [0.1, 0.15) is 18.0 Å². The van der Waals surface area contributed by atoms with E-state index in [1.165, 1.54) is 42.8 Å². The lowest BCUT2D eigenvalue weighted by atomic mass is 10.1. The van der Waals surface area contributed by atoms with E-state index in [0.717, 1.165) is 19.4 Å². The molecule has 1 aromatic heterocycles. The van der Waals surface area contributed by atoms with Crippen LogP contribution in [0.2, 0.25) is 0 Å². The van der Waals surface area contributed by atoms with Crippen molar-refractivity contribution in [2.45, 2.75) is 38.6 Å². The zero-order valence-electron chi connectivity index (χ0n) is 15.3. The van der Waals surface area contributed by atoms with Crippen molar-refractivity contribution in [1.82, 2.24) is 14.8 Å². The molecule has 0 unspecified atom stereocenters. The lowest BCUT2D eigenvalue weighted by Gasteiger charge is -2.25. The van der Waals surface area contributed by atoms with E-state index >= 15 is 0 Å². The standard InChI is InChI=1S/C18H27N5O3/c1-19-15-16(18(25)17(15)24)20-7-3-6-10-26-23-13-14(11-21-23)12-22-8-4-2-5-9-22/h11,13,19-20H,2-10,12H2,1H3. The second kappa shape index (κ2) is 8.84. The molecule has 0 radical (unpaired) electrons. The maximum atomic E-state index is 11.4. The highest BCUT2D eigenvalue weighted by atomic mass is 16.7. The first-order chi connectivity index (χ1) is 12.7. The third-order valence-corrected chi connectivity index (χ3v) is 4.73. The highest BCUT2D eigenvalue weighted by molar-refractivity contribution is 5.73. The van der Waals surface area contributed by atoms with Crippen molar-refractivity contribution in [3.05, 3.63) is 38.4 Å². The lowest BCUT2D eigenvalue weighted by Crippen LogP contribution is -2.36. The van der Waals surface area contributed by atoms with Crippen LogP contribution in [0.25, 0.3) is 0 Å². The number of nitrogens with zero attached hydrogens (tertiary/aromatic N) is 3. The van der Waals surface area contributed by atoms with Crippen LogP contribution in [0.1, 0.15) is 37.7 Å². The molecule has 0 aliphatic carbocycles. The SMILES string of the molecule is CNc1c(NCCCCOn2cc(CN3CCCCC3)cn2)c(=O)c1=O. The Morgan fingerprint density at radius 3 is 2.65 bits per heavy atom. The fraction of sp³-hybridized carbons (Fsp3) is 0.611. The Bertz CT molecular complexity index is 772.